The van der Waals surface area contributed by atoms with Gasteiger partial charge in [-0.05, 0) is 25.0 Å². The second-order valence-corrected chi connectivity index (χ2v) is 5.72. The highest BCUT2D eigenvalue weighted by molar-refractivity contribution is 5.93. The van der Waals surface area contributed by atoms with Gasteiger partial charge in [-0.3, -0.25) is 9.20 Å². The van der Waals surface area contributed by atoms with Crippen molar-refractivity contribution in [2.24, 2.45) is 5.73 Å². The molecule has 3 heterocycles. The summed E-state index contributed by atoms with van der Waals surface area (Å²) in [6.45, 7) is 2.06. The van der Waals surface area contributed by atoms with Crippen molar-refractivity contribution in [1.82, 2.24) is 14.4 Å². The summed E-state index contributed by atoms with van der Waals surface area (Å²) >= 11 is 0. The van der Waals surface area contributed by atoms with E-state index in [0.29, 0.717) is 5.56 Å². The molecule has 4 rings (SSSR count). The number of amides is 1. The van der Waals surface area contributed by atoms with E-state index in [1.807, 2.05) is 35.1 Å². The van der Waals surface area contributed by atoms with Gasteiger partial charge < -0.3 is 10.6 Å². The number of aromatic nitrogens is 3. The second kappa shape index (κ2) is 5.39. The van der Waals surface area contributed by atoms with Gasteiger partial charge in [-0.25, -0.2) is 9.97 Å². The lowest BCUT2D eigenvalue weighted by molar-refractivity contribution is 0.100. The summed E-state index contributed by atoms with van der Waals surface area (Å²) in [6, 6.07) is 7.25. The quantitative estimate of drug-likeness (QED) is 0.804. The number of nitrogens with two attached hydrogens (primary N) is 1. The van der Waals surface area contributed by atoms with Gasteiger partial charge in [0.1, 0.15) is 0 Å². The SMILES string of the molecule is NC(=O)c1ccc(-c2cnc3c(N4CCCC4)nccn23)cc1. The van der Waals surface area contributed by atoms with E-state index >= 15 is 0 Å². The lowest BCUT2D eigenvalue weighted by atomic mass is 10.1. The highest BCUT2D eigenvalue weighted by atomic mass is 16.1. The van der Waals surface area contributed by atoms with Crippen LogP contribution in [0.3, 0.4) is 0 Å². The molecule has 23 heavy (non-hydrogen) atoms. The first kappa shape index (κ1) is 13.8. The van der Waals surface area contributed by atoms with Crippen LogP contribution in [0.25, 0.3) is 16.9 Å². The van der Waals surface area contributed by atoms with Crippen molar-refractivity contribution in [3.8, 4) is 11.3 Å². The van der Waals surface area contributed by atoms with Gasteiger partial charge in [0.15, 0.2) is 11.5 Å². The van der Waals surface area contributed by atoms with Crippen LogP contribution in [-0.2, 0) is 0 Å². The average molecular weight is 307 g/mol. The Labute approximate surface area is 133 Å². The van der Waals surface area contributed by atoms with Crippen molar-refractivity contribution >= 4 is 17.4 Å². The number of carbonyl (C=O) groups is 1. The zero-order chi connectivity index (χ0) is 15.8. The van der Waals surface area contributed by atoms with E-state index in [4.69, 9.17) is 5.73 Å². The molecule has 0 unspecified atom stereocenters. The Balaban J connectivity index is 1.79. The number of hydrogen-bond acceptors (Lipinski definition) is 4. The van der Waals surface area contributed by atoms with Gasteiger partial charge in [0.05, 0.1) is 11.9 Å². The summed E-state index contributed by atoms with van der Waals surface area (Å²) < 4.78 is 2.04. The predicted octanol–water partition coefficient (Wildman–Crippen LogP) is 2.10. The summed E-state index contributed by atoms with van der Waals surface area (Å²) in [6.07, 6.45) is 7.97. The number of primary amides is 1. The van der Waals surface area contributed by atoms with Crippen molar-refractivity contribution < 1.29 is 4.79 Å². The summed E-state index contributed by atoms with van der Waals surface area (Å²) in [7, 11) is 0. The van der Waals surface area contributed by atoms with Gasteiger partial charge in [-0.15, -0.1) is 0 Å². The Morgan fingerprint density at radius 1 is 1.09 bits per heavy atom. The molecule has 1 fully saturated rings. The predicted molar refractivity (Wildman–Crippen MR) is 88.4 cm³/mol. The number of carbonyl (C=O) groups excluding carboxylic acids is 1. The number of imidazole rings is 1. The summed E-state index contributed by atoms with van der Waals surface area (Å²) in [4.78, 5) is 22.6. The van der Waals surface area contributed by atoms with Gasteiger partial charge in [-0.1, -0.05) is 12.1 Å². The molecule has 0 atom stereocenters. The standard InChI is InChI=1S/C17H17N5O/c18-15(23)13-5-3-12(4-6-13)14-11-20-17-16(19-7-10-22(14)17)21-8-1-2-9-21/h3-7,10-11H,1-2,8-9H2,(H2,18,23). The van der Waals surface area contributed by atoms with Gasteiger partial charge in [-0.2, -0.15) is 0 Å². The van der Waals surface area contributed by atoms with Gasteiger partial charge in [0, 0.05) is 36.6 Å². The highest BCUT2D eigenvalue weighted by Crippen LogP contribution is 2.27. The molecule has 0 bridgehead atoms. The largest absolute Gasteiger partial charge is 0.366 e. The summed E-state index contributed by atoms with van der Waals surface area (Å²) in [5.41, 5.74) is 8.62. The van der Waals surface area contributed by atoms with Crippen molar-refractivity contribution in [3.63, 3.8) is 0 Å². The van der Waals surface area contributed by atoms with Crippen LogP contribution in [0.15, 0.2) is 42.9 Å². The third-order valence-corrected chi connectivity index (χ3v) is 4.28. The van der Waals surface area contributed by atoms with Crippen LogP contribution in [-0.4, -0.2) is 33.4 Å². The third kappa shape index (κ3) is 2.32. The fourth-order valence-electron chi connectivity index (χ4n) is 3.08. The third-order valence-electron chi connectivity index (χ3n) is 4.28. The molecule has 1 aromatic carbocycles. The Morgan fingerprint density at radius 3 is 2.52 bits per heavy atom. The number of hydrogen-bond donors (Lipinski definition) is 1. The molecule has 1 amide bonds. The number of anilines is 1. The van der Waals surface area contributed by atoms with Crippen LogP contribution < -0.4 is 10.6 Å². The zero-order valence-corrected chi connectivity index (χ0v) is 12.6. The highest BCUT2D eigenvalue weighted by Gasteiger charge is 2.18. The first-order valence-corrected chi connectivity index (χ1v) is 7.71. The van der Waals surface area contributed by atoms with Crippen LogP contribution >= 0.6 is 0 Å². The molecule has 6 nitrogen and oxygen atoms in total. The van der Waals surface area contributed by atoms with Crippen LogP contribution in [0.2, 0.25) is 0 Å². The van der Waals surface area contributed by atoms with Gasteiger partial charge in [0.25, 0.3) is 0 Å². The Morgan fingerprint density at radius 2 is 1.83 bits per heavy atom. The first-order valence-electron chi connectivity index (χ1n) is 7.71. The van der Waals surface area contributed by atoms with E-state index in [1.165, 1.54) is 12.8 Å². The van der Waals surface area contributed by atoms with E-state index < -0.39 is 5.91 Å². The molecule has 6 heteroatoms. The van der Waals surface area contributed by atoms with Crippen molar-refractivity contribution in [3.05, 3.63) is 48.4 Å². The van der Waals surface area contributed by atoms with Crippen LogP contribution in [0.5, 0.6) is 0 Å². The molecule has 0 saturated carbocycles. The van der Waals surface area contributed by atoms with Crippen molar-refractivity contribution in [1.29, 1.82) is 0 Å². The maximum absolute atomic E-state index is 11.2. The maximum atomic E-state index is 11.2. The van der Waals surface area contributed by atoms with E-state index in [2.05, 4.69) is 14.9 Å². The monoisotopic (exact) mass is 307 g/mol. The minimum Gasteiger partial charge on any atom is -0.366 e. The van der Waals surface area contributed by atoms with E-state index in [-0.39, 0.29) is 0 Å². The number of fused-ring (bicyclic) bond motifs is 1. The molecule has 0 spiro atoms. The second-order valence-electron chi connectivity index (χ2n) is 5.72. The molecule has 1 aliphatic heterocycles. The van der Waals surface area contributed by atoms with Crippen LogP contribution in [0.1, 0.15) is 23.2 Å². The van der Waals surface area contributed by atoms with E-state index in [9.17, 15) is 4.79 Å². The number of nitrogens with zero attached hydrogens (tertiary/aromatic N) is 4. The van der Waals surface area contributed by atoms with E-state index in [0.717, 1.165) is 35.8 Å². The topological polar surface area (TPSA) is 76.5 Å². The lowest BCUT2D eigenvalue weighted by Gasteiger charge is -2.16. The molecular weight excluding hydrogens is 290 g/mol. The molecule has 1 saturated heterocycles. The number of benzene rings is 1. The molecule has 2 N–H and O–H groups in total. The first-order chi connectivity index (χ1) is 11.2. The van der Waals surface area contributed by atoms with Gasteiger partial charge in [0.2, 0.25) is 5.91 Å². The fraction of sp³-hybridized carbons (Fsp3) is 0.235. The molecule has 0 radical (unpaired) electrons. The molecule has 0 aliphatic carbocycles. The zero-order valence-electron chi connectivity index (χ0n) is 12.6. The minimum atomic E-state index is -0.421. The van der Waals surface area contributed by atoms with Crippen LogP contribution in [0.4, 0.5) is 5.82 Å². The fourth-order valence-corrected chi connectivity index (χ4v) is 3.08. The lowest BCUT2D eigenvalue weighted by Crippen LogP contribution is -2.19. The van der Waals surface area contributed by atoms with Gasteiger partial charge >= 0.3 is 0 Å². The maximum Gasteiger partial charge on any atom is 0.248 e. The Kier molecular flexibility index (Phi) is 3.22. The summed E-state index contributed by atoms with van der Waals surface area (Å²) in [5.74, 6) is 0.514. The minimum absolute atomic E-state index is 0.421. The molecule has 116 valence electrons. The van der Waals surface area contributed by atoms with Crippen LogP contribution in [0, 0.1) is 0 Å². The molecule has 1 aliphatic rings. The average Bonchev–Trinajstić information content (AvgIpc) is 3.24. The smallest absolute Gasteiger partial charge is 0.248 e. The normalized spacial score (nSPS) is 14.5. The van der Waals surface area contributed by atoms with Crippen molar-refractivity contribution in [2.45, 2.75) is 12.8 Å². The Hall–Kier alpha value is -2.89. The molecular formula is C17H17N5O. The van der Waals surface area contributed by atoms with E-state index in [1.54, 1.807) is 12.1 Å². The molecule has 2 aromatic heterocycles. The number of rotatable bonds is 3. The Bertz CT molecular complexity index is 862. The summed E-state index contributed by atoms with van der Waals surface area (Å²) in [5, 5.41) is 0. The molecule has 3 aromatic rings. The van der Waals surface area contributed by atoms with Crippen molar-refractivity contribution in [2.75, 3.05) is 18.0 Å².